The summed E-state index contributed by atoms with van der Waals surface area (Å²) in [7, 11) is 1.76. The number of piperidine rings is 2. The van der Waals surface area contributed by atoms with Crippen LogP contribution in [0.3, 0.4) is 0 Å². The van der Waals surface area contributed by atoms with E-state index in [4.69, 9.17) is 4.74 Å². The number of rotatable bonds is 10. The number of nitrogens with one attached hydrogen (secondary N) is 2. The van der Waals surface area contributed by atoms with Crippen LogP contribution in [0.5, 0.6) is 0 Å². The molecule has 0 aliphatic carbocycles. The van der Waals surface area contributed by atoms with Gasteiger partial charge in [-0.2, -0.15) is 0 Å². The minimum Gasteiger partial charge on any atom is -0.383 e. The van der Waals surface area contributed by atoms with Crippen molar-refractivity contribution in [2.75, 3.05) is 57.1 Å². The van der Waals surface area contributed by atoms with Crippen molar-refractivity contribution in [3.8, 4) is 0 Å². The molecule has 0 atom stereocenters. The Morgan fingerprint density at radius 1 is 0.971 bits per heavy atom. The largest absolute Gasteiger partial charge is 0.383 e. The number of carbonyl (C=O) groups excluding carboxylic acids is 1. The van der Waals surface area contributed by atoms with Crippen molar-refractivity contribution in [1.29, 1.82) is 0 Å². The van der Waals surface area contributed by atoms with Gasteiger partial charge in [-0.05, 0) is 63.3 Å². The fourth-order valence-electron chi connectivity index (χ4n) is 5.00. The van der Waals surface area contributed by atoms with Crippen molar-refractivity contribution in [3.63, 3.8) is 0 Å². The van der Waals surface area contributed by atoms with Crippen molar-refractivity contribution < 1.29 is 9.53 Å². The van der Waals surface area contributed by atoms with Gasteiger partial charge in [0.25, 0.3) is 0 Å². The Labute approximate surface area is 209 Å². The van der Waals surface area contributed by atoms with E-state index in [0.29, 0.717) is 24.9 Å². The fourth-order valence-corrected chi connectivity index (χ4v) is 5.00. The SMILES string of the molecule is COCCN1CCC(Nc2ccnc(CCC(=O)N3CCC(Nc4ccnc(C)c4)CC3)c2)CC1. The summed E-state index contributed by atoms with van der Waals surface area (Å²) < 4.78 is 5.19. The molecule has 0 unspecified atom stereocenters. The number of nitrogens with zero attached hydrogens (tertiary/aromatic N) is 4. The number of aryl methyl sites for hydroxylation is 2. The third-order valence-corrected chi connectivity index (χ3v) is 7.10. The summed E-state index contributed by atoms with van der Waals surface area (Å²) in [5.74, 6) is 0.229. The van der Waals surface area contributed by atoms with Crippen molar-refractivity contribution in [1.82, 2.24) is 19.8 Å². The van der Waals surface area contributed by atoms with Crippen molar-refractivity contribution in [3.05, 3.63) is 48.0 Å². The van der Waals surface area contributed by atoms with E-state index in [1.165, 1.54) is 0 Å². The van der Waals surface area contributed by atoms with Crippen LogP contribution in [0.1, 0.15) is 43.5 Å². The summed E-state index contributed by atoms with van der Waals surface area (Å²) in [5.41, 5.74) is 4.21. The van der Waals surface area contributed by atoms with Crippen LogP contribution in [0.25, 0.3) is 0 Å². The fraction of sp³-hybridized carbons (Fsp3) is 0.593. The van der Waals surface area contributed by atoms with Gasteiger partial charge in [0.15, 0.2) is 0 Å². The molecule has 2 aromatic heterocycles. The van der Waals surface area contributed by atoms with E-state index in [1.807, 2.05) is 36.4 Å². The van der Waals surface area contributed by atoms with Gasteiger partial charge in [-0.15, -0.1) is 0 Å². The highest BCUT2D eigenvalue weighted by Gasteiger charge is 2.23. The van der Waals surface area contributed by atoms with Gasteiger partial charge in [-0.1, -0.05) is 0 Å². The molecule has 4 rings (SSSR count). The number of hydrogen-bond donors (Lipinski definition) is 2. The van der Waals surface area contributed by atoms with Crippen molar-refractivity contribution >= 4 is 17.3 Å². The van der Waals surface area contributed by atoms with E-state index in [0.717, 1.165) is 87.8 Å². The normalized spacial score (nSPS) is 17.9. The lowest BCUT2D eigenvalue weighted by molar-refractivity contribution is -0.132. The molecule has 2 saturated heterocycles. The van der Waals surface area contributed by atoms with Crippen LogP contribution in [0.4, 0.5) is 11.4 Å². The van der Waals surface area contributed by atoms with Gasteiger partial charge < -0.3 is 25.2 Å². The number of methoxy groups -OCH3 is 1. The van der Waals surface area contributed by atoms with E-state index >= 15 is 0 Å². The van der Waals surface area contributed by atoms with Crippen LogP contribution in [0.15, 0.2) is 36.7 Å². The first-order chi connectivity index (χ1) is 17.1. The number of carbonyl (C=O) groups is 1. The number of aromatic nitrogens is 2. The minimum atomic E-state index is 0.229. The quantitative estimate of drug-likeness (QED) is 0.540. The molecule has 8 nitrogen and oxygen atoms in total. The molecule has 2 aliphatic rings. The van der Waals surface area contributed by atoms with Crippen LogP contribution < -0.4 is 10.6 Å². The lowest BCUT2D eigenvalue weighted by Gasteiger charge is -2.33. The summed E-state index contributed by atoms with van der Waals surface area (Å²) in [4.78, 5) is 26.1. The molecule has 2 aromatic rings. The Balaban J connectivity index is 1.17. The topological polar surface area (TPSA) is 82.6 Å². The molecule has 190 valence electrons. The summed E-state index contributed by atoms with van der Waals surface area (Å²) >= 11 is 0. The highest BCUT2D eigenvalue weighted by Crippen LogP contribution is 2.20. The summed E-state index contributed by atoms with van der Waals surface area (Å²) in [6.07, 6.45) is 9.07. The van der Waals surface area contributed by atoms with E-state index in [-0.39, 0.29) is 5.91 Å². The third kappa shape index (κ3) is 7.90. The Bertz CT molecular complexity index is 939. The van der Waals surface area contributed by atoms with E-state index in [2.05, 4.69) is 37.6 Å². The van der Waals surface area contributed by atoms with Gasteiger partial charge in [0, 0.05) is 93.5 Å². The van der Waals surface area contributed by atoms with Crippen LogP contribution in [-0.2, 0) is 16.0 Å². The van der Waals surface area contributed by atoms with Crippen molar-refractivity contribution in [2.45, 2.75) is 57.5 Å². The summed E-state index contributed by atoms with van der Waals surface area (Å²) in [6.45, 7) is 7.61. The number of anilines is 2. The maximum Gasteiger partial charge on any atom is 0.222 e. The van der Waals surface area contributed by atoms with Gasteiger partial charge in [-0.25, -0.2) is 0 Å². The summed E-state index contributed by atoms with van der Waals surface area (Å²) in [6, 6.07) is 9.10. The zero-order valence-corrected chi connectivity index (χ0v) is 21.2. The third-order valence-electron chi connectivity index (χ3n) is 7.10. The van der Waals surface area contributed by atoms with Gasteiger partial charge in [0.05, 0.1) is 6.61 Å². The van der Waals surface area contributed by atoms with Crippen molar-refractivity contribution in [2.24, 2.45) is 0 Å². The van der Waals surface area contributed by atoms with Crippen LogP contribution in [0.2, 0.25) is 0 Å². The predicted molar refractivity (Wildman–Crippen MR) is 140 cm³/mol. The molecule has 2 N–H and O–H groups in total. The van der Waals surface area contributed by atoms with Gasteiger partial charge >= 0.3 is 0 Å². The Morgan fingerprint density at radius 2 is 1.60 bits per heavy atom. The number of hydrogen-bond acceptors (Lipinski definition) is 7. The molecule has 0 spiro atoms. The van der Waals surface area contributed by atoms with Gasteiger partial charge in [0.2, 0.25) is 5.91 Å². The van der Waals surface area contributed by atoms with E-state index in [9.17, 15) is 4.79 Å². The van der Waals surface area contributed by atoms with Crippen LogP contribution in [-0.4, -0.2) is 84.2 Å². The van der Waals surface area contributed by atoms with Crippen LogP contribution >= 0.6 is 0 Å². The molecule has 2 fully saturated rings. The molecule has 4 heterocycles. The smallest absolute Gasteiger partial charge is 0.222 e. The number of likely N-dealkylation sites (tertiary alicyclic amines) is 2. The molecular formula is C27H40N6O2. The highest BCUT2D eigenvalue weighted by atomic mass is 16.5. The zero-order chi connectivity index (χ0) is 24.5. The minimum absolute atomic E-state index is 0.229. The molecule has 0 radical (unpaired) electrons. The molecule has 8 heteroatoms. The van der Waals surface area contributed by atoms with Gasteiger partial charge in [-0.3, -0.25) is 14.8 Å². The predicted octanol–water partition coefficient (Wildman–Crippen LogP) is 3.34. The van der Waals surface area contributed by atoms with Crippen LogP contribution in [0, 0.1) is 6.92 Å². The Morgan fingerprint density at radius 3 is 2.26 bits per heavy atom. The molecule has 1 amide bonds. The first-order valence-corrected chi connectivity index (χ1v) is 13.0. The number of amides is 1. The van der Waals surface area contributed by atoms with E-state index < -0.39 is 0 Å². The van der Waals surface area contributed by atoms with Gasteiger partial charge in [0.1, 0.15) is 0 Å². The summed E-state index contributed by atoms with van der Waals surface area (Å²) in [5, 5.41) is 7.26. The number of pyridine rings is 2. The average Bonchev–Trinajstić information content (AvgIpc) is 2.88. The second-order valence-electron chi connectivity index (χ2n) is 9.77. The first-order valence-electron chi connectivity index (χ1n) is 13.0. The first kappa shape index (κ1) is 25.4. The second-order valence-corrected chi connectivity index (χ2v) is 9.77. The molecular weight excluding hydrogens is 440 g/mol. The Hall–Kier alpha value is -2.71. The number of ether oxygens (including phenoxy) is 1. The zero-order valence-electron chi connectivity index (χ0n) is 21.2. The molecule has 0 saturated carbocycles. The second kappa shape index (κ2) is 12.8. The lowest BCUT2D eigenvalue weighted by atomic mass is 10.0. The average molecular weight is 481 g/mol. The maximum atomic E-state index is 12.8. The highest BCUT2D eigenvalue weighted by molar-refractivity contribution is 5.76. The standard InChI is InChI=1S/C27H40N6O2/c1-21-19-25(5-11-28-21)30-23-9-15-33(16-10-23)27(34)4-3-24-20-26(6-12-29-24)31-22-7-13-32(14-8-22)17-18-35-2/h5-6,11-12,19-20,22-23H,3-4,7-10,13-18H2,1-2H3,(H,28,30)(H,29,31). The molecule has 35 heavy (non-hydrogen) atoms. The monoisotopic (exact) mass is 480 g/mol. The lowest BCUT2D eigenvalue weighted by Crippen LogP contribution is -2.42. The Kier molecular flexibility index (Phi) is 9.31. The van der Waals surface area contributed by atoms with E-state index in [1.54, 1.807) is 7.11 Å². The molecule has 0 bridgehead atoms. The molecule has 0 aromatic carbocycles. The maximum absolute atomic E-state index is 12.8. The molecule has 2 aliphatic heterocycles.